The molecular weight excluding hydrogens is 377 g/mol. The van der Waals surface area contributed by atoms with Gasteiger partial charge in [0, 0.05) is 8.95 Å². The van der Waals surface area contributed by atoms with Crippen LogP contribution in [-0.4, -0.2) is 5.91 Å². The molecule has 5 heteroatoms. The average Bonchev–Trinajstić information content (AvgIpc) is 2.37. The highest BCUT2D eigenvalue weighted by Gasteiger charge is 2.09. The standard InChI is InChI=1S/C14H10Br2FNO/c15-11-2-1-3-12(16)14(11)18-13(19)8-9-4-6-10(17)7-5-9/h1-7H,8H2,(H,18,19). The summed E-state index contributed by atoms with van der Waals surface area (Å²) in [7, 11) is 0. The molecule has 0 spiro atoms. The molecule has 19 heavy (non-hydrogen) atoms. The fourth-order valence-electron chi connectivity index (χ4n) is 1.59. The molecule has 0 unspecified atom stereocenters. The molecule has 0 atom stereocenters. The van der Waals surface area contributed by atoms with Gasteiger partial charge in [0.2, 0.25) is 5.91 Å². The highest BCUT2D eigenvalue weighted by Crippen LogP contribution is 2.30. The number of carbonyl (C=O) groups is 1. The largest absolute Gasteiger partial charge is 0.324 e. The molecule has 0 heterocycles. The highest BCUT2D eigenvalue weighted by atomic mass is 79.9. The topological polar surface area (TPSA) is 29.1 Å². The van der Waals surface area contributed by atoms with Crippen LogP contribution in [0.15, 0.2) is 51.4 Å². The van der Waals surface area contributed by atoms with Gasteiger partial charge in [-0.1, -0.05) is 18.2 Å². The van der Waals surface area contributed by atoms with Crippen LogP contribution in [0.5, 0.6) is 0 Å². The lowest BCUT2D eigenvalue weighted by molar-refractivity contribution is -0.115. The van der Waals surface area contributed by atoms with Crippen LogP contribution in [0.4, 0.5) is 10.1 Å². The molecular formula is C14H10Br2FNO. The van der Waals surface area contributed by atoms with Crippen molar-refractivity contribution >= 4 is 43.5 Å². The maximum absolute atomic E-state index is 12.8. The van der Waals surface area contributed by atoms with Crippen LogP contribution in [0.25, 0.3) is 0 Å². The van der Waals surface area contributed by atoms with Gasteiger partial charge in [0.15, 0.2) is 0 Å². The second kappa shape index (κ2) is 6.30. The van der Waals surface area contributed by atoms with E-state index >= 15 is 0 Å². The fourth-order valence-corrected chi connectivity index (χ4v) is 2.79. The van der Waals surface area contributed by atoms with Crippen LogP contribution in [0.3, 0.4) is 0 Å². The summed E-state index contributed by atoms with van der Waals surface area (Å²) in [5.41, 5.74) is 1.46. The molecule has 0 fully saturated rings. The summed E-state index contributed by atoms with van der Waals surface area (Å²) < 4.78 is 14.4. The second-order valence-electron chi connectivity index (χ2n) is 3.95. The van der Waals surface area contributed by atoms with Crippen molar-refractivity contribution in [1.29, 1.82) is 0 Å². The summed E-state index contributed by atoms with van der Waals surface area (Å²) in [6, 6.07) is 11.4. The molecule has 1 N–H and O–H groups in total. The number of halogens is 3. The van der Waals surface area contributed by atoms with Crippen molar-refractivity contribution in [3.05, 3.63) is 62.8 Å². The smallest absolute Gasteiger partial charge is 0.228 e. The lowest BCUT2D eigenvalue weighted by atomic mass is 10.1. The van der Waals surface area contributed by atoms with Crippen LogP contribution < -0.4 is 5.32 Å². The quantitative estimate of drug-likeness (QED) is 0.824. The molecule has 0 bridgehead atoms. The van der Waals surface area contributed by atoms with Crippen molar-refractivity contribution in [1.82, 2.24) is 0 Å². The average molecular weight is 387 g/mol. The number of anilines is 1. The van der Waals surface area contributed by atoms with Gasteiger partial charge in [-0.3, -0.25) is 4.79 Å². The van der Waals surface area contributed by atoms with E-state index in [1.807, 2.05) is 18.2 Å². The van der Waals surface area contributed by atoms with Crippen molar-refractivity contribution in [3.63, 3.8) is 0 Å². The van der Waals surface area contributed by atoms with Crippen LogP contribution >= 0.6 is 31.9 Å². The van der Waals surface area contributed by atoms with Crippen LogP contribution in [0.1, 0.15) is 5.56 Å². The third-order valence-corrected chi connectivity index (χ3v) is 3.83. The van der Waals surface area contributed by atoms with Crippen molar-refractivity contribution in [2.45, 2.75) is 6.42 Å². The Hall–Kier alpha value is -1.20. The van der Waals surface area contributed by atoms with Crippen molar-refractivity contribution in [2.24, 2.45) is 0 Å². The first kappa shape index (κ1) is 14.2. The normalized spacial score (nSPS) is 10.3. The van der Waals surface area contributed by atoms with Gasteiger partial charge >= 0.3 is 0 Å². The van der Waals surface area contributed by atoms with Crippen molar-refractivity contribution in [2.75, 3.05) is 5.32 Å². The van der Waals surface area contributed by atoms with E-state index in [4.69, 9.17) is 0 Å². The fraction of sp³-hybridized carbons (Fsp3) is 0.0714. The highest BCUT2D eigenvalue weighted by molar-refractivity contribution is 9.11. The third-order valence-electron chi connectivity index (χ3n) is 2.51. The summed E-state index contributed by atoms with van der Waals surface area (Å²) in [4.78, 5) is 11.9. The van der Waals surface area contributed by atoms with Crippen LogP contribution in [0, 0.1) is 5.82 Å². The Morgan fingerprint density at radius 2 is 1.63 bits per heavy atom. The molecule has 2 rings (SSSR count). The molecule has 2 nitrogen and oxygen atoms in total. The second-order valence-corrected chi connectivity index (χ2v) is 5.66. The molecule has 0 aromatic heterocycles. The van der Waals surface area contributed by atoms with Crippen molar-refractivity contribution < 1.29 is 9.18 Å². The van der Waals surface area contributed by atoms with Gasteiger partial charge in [0.25, 0.3) is 0 Å². The summed E-state index contributed by atoms with van der Waals surface area (Å²) >= 11 is 6.75. The number of hydrogen-bond acceptors (Lipinski definition) is 1. The Bertz CT molecular complexity index is 579. The van der Waals surface area contributed by atoms with E-state index in [0.29, 0.717) is 5.69 Å². The van der Waals surface area contributed by atoms with E-state index in [1.165, 1.54) is 12.1 Å². The molecule has 0 aliphatic heterocycles. The number of para-hydroxylation sites is 1. The minimum Gasteiger partial charge on any atom is -0.324 e. The Kier molecular flexibility index (Phi) is 4.71. The van der Waals surface area contributed by atoms with Gasteiger partial charge in [-0.2, -0.15) is 0 Å². The Labute approximate surface area is 127 Å². The maximum atomic E-state index is 12.8. The number of nitrogens with one attached hydrogen (secondary N) is 1. The van der Waals surface area contributed by atoms with Crippen molar-refractivity contribution in [3.8, 4) is 0 Å². The maximum Gasteiger partial charge on any atom is 0.228 e. The zero-order chi connectivity index (χ0) is 13.8. The molecule has 0 aliphatic rings. The Morgan fingerprint density at radius 3 is 2.21 bits per heavy atom. The number of rotatable bonds is 3. The van der Waals surface area contributed by atoms with Gasteiger partial charge in [0.05, 0.1) is 12.1 Å². The summed E-state index contributed by atoms with van der Waals surface area (Å²) in [5, 5.41) is 2.82. The summed E-state index contributed by atoms with van der Waals surface area (Å²) in [6.45, 7) is 0. The Morgan fingerprint density at radius 1 is 1.05 bits per heavy atom. The van der Waals surface area contributed by atoms with Crippen LogP contribution in [-0.2, 0) is 11.2 Å². The van der Waals surface area contributed by atoms with E-state index in [9.17, 15) is 9.18 Å². The van der Waals surface area contributed by atoms with Gasteiger partial charge in [-0.25, -0.2) is 4.39 Å². The van der Waals surface area contributed by atoms with E-state index in [1.54, 1.807) is 12.1 Å². The van der Waals surface area contributed by atoms with E-state index < -0.39 is 0 Å². The Balaban J connectivity index is 2.07. The van der Waals surface area contributed by atoms with E-state index in [2.05, 4.69) is 37.2 Å². The minimum atomic E-state index is -0.308. The molecule has 0 aliphatic carbocycles. The zero-order valence-corrected chi connectivity index (χ0v) is 13.0. The molecule has 0 radical (unpaired) electrons. The molecule has 98 valence electrons. The third kappa shape index (κ3) is 3.88. The molecule has 2 aromatic carbocycles. The van der Waals surface area contributed by atoms with E-state index in [-0.39, 0.29) is 18.1 Å². The number of hydrogen-bond donors (Lipinski definition) is 1. The predicted octanol–water partition coefficient (Wildman–Crippen LogP) is 4.53. The molecule has 2 aromatic rings. The lowest BCUT2D eigenvalue weighted by Gasteiger charge is -2.09. The van der Waals surface area contributed by atoms with Crippen LogP contribution in [0.2, 0.25) is 0 Å². The monoisotopic (exact) mass is 385 g/mol. The first-order valence-electron chi connectivity index (χ1n) is 5.54. The number of amides is 1. The first-order chi connectivity index (χ1) is 9.06. The molecule has 0 saturated heterocycles. The van der Waals surface area contributed by atoms with E-state index in [0.717, 1.165) is 14.5 Å². The molecule has 1 amide bonds. The predicted molar refractivity (Wildman–Crippen MR) is 80.6 cm³/mol. The minimum absolute atomic E-state index is 0.154. The first-order valence-corrected chi connectivity index (χ1v) is 7.13. The SMILES string of the molecule is O=C(Cc1ccc(F)cc1)Nc1c(Br)cccc1Br. The lowest BCUT2D eigenvalue weighted by Crippen LogP contribution is -2.15. The summed E-state index contributed by atoms with van der Waals surface area (Å²) in [6.07, 6.45) is 0.202. The van der Waals surface area contributed by atoms with Gasteiger partial charge in [-0.15, -0.1) is 0 Å². The summed E-state index contributed by atoms with van der Waals surface area (Å²) in [5.74, 6) is -0.461. The van der Waals surface area contributed by atoms with Gasteiger partial charge < -0.3 is 5.32 Å². The molecule has 0 saturated carbocycles. The number of carbonyl (C=O) groups excluding carboxylic acids is 1. The van der Waals surface area contributed by atoms with Gasteiger partial charge in [-0.05, 0) is 61.7 Å². The number of benzene rings is 2. The zero-order valence-electron chi connectivity index (χ0n) is 9.79. The van der Waals surface area contributed by atoms with Gasteiger partial charge in [0.1, 0.15) is 5.82 Å².